The van der Waals surface area contributed by atoms with Crippen molar-refractivity contribution in [3.05, 3.63) is 47.3 Å². The Kier molecular flexibility index (Phi) is 7.50. The number of aryl methyl sites for hydroxylation is 2. The molecule has 0 radical (unpaired) electrons. The summed E-state index contributed by atoms with van der Waals surface area (Å²) in [6, 6.07) is 5.44. The Balaban J connectivity index is 0.000000648. The molecule has 0 bridgehead atoms. The first-order valence-corrected chi connectivity index (χ1v) is 12.0. The van der Waals surface area contributed by atoms with Crippen molar-refractivity contribution in [2.24, 2.45) is 7.05 Å². The number of rotatable bonds is 4. The fourth-order valence-electron chi connectivity index (χ4n) is 4.84. The van der Waals surface area contributed by atoms with Gasteiger partial charge < -0.3 is 15.1 Å². The van der Waals surface area contributed by atoms with E-state index >= 15 is 0 Å². The van der Waals surface area contributed by atoms with Gasteiger partial charge in [0.05, 0.1) is 28.8 Å². The number of anilines is 2. The van der Waals surface area contributed by atoms with E-state index in [9.17, 15) is 35.9 Å². The summed E-state index contributed by atoms with van der Waals surface area (Å²) >= 11 is 0. The molecule has 2 aromatic heterocycles. The second-order valence-corrected chi connectivity index (χ2v) is 9.50. The molecule has 1 atom stereocenters. The maximum absolute atomic E-state index is 13.3. The summed E-state index contributed by atoms with van der Waals surface area (Å²) in [7, 11) is 1.81. The number of hydrogen-bond acceptors (Lipinski definition) is 5. The molecule has 2 aliphatic heterocycles. The van der Waals surface area contributed by atoms with E-state index < -0.39 is 24.3 Å². The number of alkyl halides is 6. The number of nitrogens with zero attached hydrogens (tertiary/aromatic N) is 5. The van der Waals surface area contributed by atoms with E-state index in [0.717, 1.165) is 21.6 Å². The van der Waals surface area contributed by atoms with Crippen LogP contribution in [-0.2, 0) is 18.4 Å². The van der Waals surface area contributed by atoms with E-state index in [0.29, 0.717) is 28.9 Å². The summed E-state index contributed by atoms with van der Waals surface area (Å²) in [5.74, 6) is -1.07. The number of pyridine rings is 1. The van der Waals surface area contributed by atoms with Gasteiger partial charge in [0.1, 0.15) is 12.6 Å². The van der Waals surface area contributed by atoms with Crippen molar-refractivity contribution in [2.45, 2.75) is 51.6 Å². The number of amides is 2. The summed E-state index contributed by atoms with van der Waals surface area (Å²) in [6.45, 7) is 1.90. The van der Waals surface area contributed by atoms with E-state index in [-0.39, 0.29) is 38.9 Å². The van der Waals surface area contributed by atoms with Crippen LogP contribution in [0.1, 0.15) is 41.4 Å². The molecule has 1 saturated heterocycles. The lowest BCUT2D eigenvalue weighted by Crippen LogP contribution is -2.48. The highest BCUT2D eigenvalue weighted by molar-refractivity contribution is 6.05. The Morgan fingerprint density at radius 3 is 2.54 bits per heavy atom. The SMILES string of the molecule is CC(F)(F)F.Cc1nn(C)c2ncc(Nc3cccc4c3C(=O)N(CC(=O)N3CCCC3C(F)(F)F)C4)cc12. The number of fused-ring (bicyclic) bond motifs is 2. The van der Waals surface area contributed by atoms with Crippen molar-refractivity contribution >= 4 is 34.2 Å². The van der Waals surface area contributed by atoms with Crippen LogP contribution >= 0.6 is 0 Å². The third kappa shape index (κ3) is 6.25. The predicted molar refractivity (Wildman–Crippen MR) is 130 cm³/mol. The molecule has 5 rings (SSSR count). The lowest BCUT2D eigenvalue weighted by atomic mass is 10.1. The summed E-state index contributed by atoms with van der Waals surface area (Å²) in [5, 5.41) is 8.46. The maximum atomic E-state index is 13.3. The van der Waals surface area contributed by atoms with Crippen molar-refractivity contribution in [1.82, 2.24) is 24.6 Å². The van der Waals surface area contributed by atoms with Gasteiger partial charge in [-0.05, 0) is 37.5 Å². The van der Waals surface area contributed by atoms with Crippen molar-refractivity contribution in [1.29, 1.82) is 0 Å². The minimum atomic E-state index is -4.47. The molecule has 4 heterocycles. The van der Waals surface area contributed by atoms with E-state index in [2.05, 4.69) is 15.4 Å². The Morgan fingerprint density at radius 1 is 1.18 bits per heavy atom. The van der Waals surface area contributed by atoms with Gasteiger partial charge in [-0.2, -0.15) is 31.4 Å². The number of likely N-dealkylation sites (tertiary alicyclic amines) is 1. The summed E-state index contributed by atoms with van der Waals surface area (Å²) in [4.78, 5) is 32.5. The van der Waals surface area contributed by atoms with Gasteiger partial charge in [0.2, 0.25) is 5.91 Å². The highest BCUT2D eigenvalue weighted by Crippen LogP contribution is 2.35. The van der Waals surface area contributed by atoms with E-state index in [1.807, 2.05) is 20.0 Å². The van der Waals surface area contributed by atoms with E-state index in [1.165, 1.54) is 4.90 Å². The Bertz CT molecular complexity index is 1390. The lowest BCUT2D eigenvalue weighted by molar-refractivity contribution is -0.182. The third-order valence-electron chi connectivity index (χ3n) is 6.43. The van der Waals surface area contributed by atoms with Gasteiger partial charge in [-0.1, -0.05) is 12.1 Å². The zero-order chi connectivity index (χ0) is 28.7. The highest BCUT2D eigenvalue weighted by Gasteiger charge is 2.48. The first kappa shape index (κ1) is 28.2. The average molecular weight is 557 g/mol. The van der Waals surface area contributed by atoms with Crippen LogP contribution in [0.5, 0.6) is 0 Å². The lowest BCUT2D eigenvalue weighted by Gasteiger charge is -2.28. The zero-order valence-electron chi connectivity index (χ0n) is 21.3. The van der Waals surface area contributed by atoms with E-state index in [4.69, 9.17) is 0 Å². The maximum Gasteiger partial charge on any atom is 0.408 e. The van der Waals surface area contributed by atoms with Gasteiger partial charge in [0, 0.05) is 32.4 Å². The second kappa shape index (κ2) is 10.4. The fourth-order valence-corrected chi connectivity index (χ4v) is 4.84. The number of nitrogens with one attached hydrogen (secondary N) is 1. The minimum absolute atomic E-state index is 0.0496. The standard InChI is InChI=1S/C23H23F3N6O2.C2H3F3/c1-13-16-9-15(10-27-21(16)30(2)29-13)28-17-6-3-5-14-11-31(22(34)20(14)17)12-19(33)32-8-4-7-18(32)23(24,25)26;1-2(3,4)5/h3,5-6,9-10,18,28H,4,7-8,11-12H2,1-2H3;1H3. The van der Waals surface area contributed by atoms with Gasteiger partial charge in [-0.15, -0.1) is 0 Å². The number of carbonyl (C=O) groups is 2. The van der Waals surface area contributed by atoms with Crippen LogP contribution in [0.25, 0.3) is 11.0 Å². The van der Waals surface area contributed by atoms with Gasteiger partial charge in [0.15, 0.2) is 5.65 Å². The number of aromatic nitrogens is 3. The van der Waals surface area contributed by atoms with Crippen LogP contribution in [0.2, 0.25) is 0 Å². The summed E-state index contributed by atoms with van der Waals surface area (Å²) < 4.78 is 72.6. The number of benzene rings is 1. The molecule has 0 saturated carbocycles. The fraction of sp³-hybridized carbons (Fsp3) is 0.440. The summed E-state index contributed by atoms with van der Waals surface area (Å²) in [6.07, 6.45) is -6.63. The first-order valence-electron chi connectivity index (χ1n) is 12.0. The van der Waals surface area contributed by atoms with Crippen LogP contribution in [-0.4, -0.2) is 67.9 Å². The van der Waals surface area contributed by atoms with Gasteiger partial charge in [0.25, 0.3) is 5.91 Å². The quantitative estimate of drug-likeness (QED) is 0.453. The summed E-state index contributed by atoms with van der Waals surface area (Å²) in [5.41, 5.74) is 3.90. The number of carbonyl (C=O) groups excluding carboxylic acids is 2. The Labute approximate surface area is 219 Å². The number of halogens is 6. The van der Waals surface area contributed by atoms with Crippen molar-refractivity contribution in [3.63, 3.8) is 0 Å². The first-order chi connectivity index (χ1) is 18.1. The van der Waals surface area contributed by atoms with Crippen LogP contribution in [0.15, 0.2) is 30.5 Å². The Morgan fingerprint density at radius 2 is 1.87 bits per heavy atom. The molecule has 14 heteroatoms. The molecule has 2 aliphatic rings. The molecule has 0 aliphatic carbocycles. The topological polar surface area (TPSA) is 83.4 Å². The van der Waals surface area contributed by atoms with Crippen LogP contribution in [0.4, 0.5) is 37.7 Å². The van der Waals surface area contributed by atoms with Crippen LogP contribution in [0.3, 0.4) is 0 Å². The zero-order valence-corrected chi connectivity index (χ0v) is 21.3. The molecule has 1 N–H and O–H groups in total. The molecule has 1 aromatic carbocycles. The van der Waals surface area contributed by atoms with Gasteiger partial charge >= 0.3 is 12.4 Å². The smallest absolute Gasteiger partial charge is 0.354 e. The third-order valence-corrected chi connectivity index (χ3v) is 6.43. The molecule has 2 amide bonds. The van der Waals surface area contributed by atoms with Crippen molar-refractivity contribution < 1.29 is 35.9 Å². The molecule has 8 nitrogen and oxygen atoms in total. The molecular weight excluding hydrogens is 530 g/mol. The normalized spacial score (nSPS) is 17.4. The molecule has 1 unspecified atom stereocenters. The monoisotopic (exact) mass is 556 g/mol. The molecule has 1 fully saturated rings. The van der Waals surface area contributed by atoms with E-state index in [1.54, 1.807) is 29.1 Å². The van der Waals surface area contributed by atoms with Crippen molar-refractivity contribution in [3.8, 4) is 0 Å². The minimum Gasteiger partial charge on any atom is -0.354 e. The largest absolute Gasteiger partial charge is 0.408 e. The molecule has 3 aromatic rings. The second-order valence-electron chi connectivity index (χ2n) is 9.50. The average Bonchev–Trinajstić information content (AvgIpc) is 3.50. The molecule has 0 spiro atoms. The highest BCUT2D eigenvalue weighted by atomic mass is 19.4. The Hall–Kier alpha value is -3.84. The predicted octanol–water partition coefficient (Wildman–Crippen LogP) is 5.10. The van der Waals surface area contributed by atoms with Gasteiger partial charge in [-0.3, -0.25) is 14.3 Å². The van der Waals surface area contributed by atoms with Gasteiger partial charge in [-0.25, -0.2) is 4.98 Å². The van der Waals surface area contributed by atoms with Crippen molar-refractivity contribution in [2.75, 3.05) is 18.4 Å². The van der Waals surface area contributed by atoms with Crippen LogP contribution < -0.4 is 5.32 Å². The molecule has 39 heavy (non-hydrogen) atoms. The molecular formula is C25H26F6N6O2. The molecule has 210 valence electrons. The van der Waals surface area contributed by atoms with Crippen LogP contribution in [0, 0.1) is 6.92 Å². The number of hydrogen-bond donors (Lipinski definition) is 1.